The molecule has 1 saturated heterocycles. The molecule has 5 atom stereocenters. The monoisotopic (exact) mass is 303 g/mol. The van der Waals surface area contributed by atoms with Crippen molar-refractivity contribution in [3.63, 3.8) is 0 Å². The molecule has 0 aromatic carbocycles. The van der Waals surface area contributed by atoms with Crippen LogP contribution in [0.3, 0.4) is 0 Å². The van der Waals surface area contributed by atoms with E-state index in [0.717, 1.165) is 6.42 Å². The predicted molar refractivity (Wildman–Crippen MR) is 69.1 cm³/mol. The molecule has 0 aliphatic carbocycles. The summed E-state index contributed by atoms with van der Waals surface area (Å²) in [5, 5.41) is 55.0. The molecular formula is C12H21N3O6. The molecule has 1 aliphatic rings. The van der Waals surface area contributed by atoms with Crippen LogP contribution in [-0.2, 0) is 11.2 Å². The molecule has 0 radical (unpaired) electrons. The molecule has 0 unspecified atom stereocenters. The molecule has 2 rings (SSSR count). The van der Waals surface area contributed by atoms with Crippen molar-refractivity contribution in [1.29, 1.82) is 0 Å². The number of rotatable bonds is 6. The fraction of sp³-hybridized carbons (Fsp3) is 0.833. The lowest BCUT2D eigenvalue weighted by Crippen LogP contribution is -2.56. The van der Waals surface area contributed by atoms with Gasteiger partial charge in [0.2, 0.25) is 0 Å². The van der Waals surface area contributed by atoms with Crippen molar-refractivity contribution in [2.45, 2.75) is 49.9 Å². The van der Waals surface area contributed by atoms with Gasteiger partial charge in [-0.15, -0.1) is 5.10 Å². The Hall–Kier alpha value is -1.10. The highest BCUT2D eigenvalue weighted by Crippen LogP contribution is 2.27. The molecule has 21 heavy (non-hydrogen) atoms. The summed E-state index contributed by atoms with van der Waals surface area (Å²) in [5.74, 6) is 0. The van der Waals surface area contributed by atoms with Crippen LogP contribution in [0.25, 0.3) is 0 Å². The highest BCUT2D eigenvalue weighted by atomic mass is 16.6. The van der Waals surface area contributed by atoms with E-state index in [1.54, 1.807) is 6.20 Å². The summed E-state index contributed by atoms with van der Waals surface area (Å²) in [7, 11) is 0. The molecule has 0 spiro atoms. The molecule has 5 N–H and O–H groups in total. The first-order valence-electron chi connectivity index (χ1n) is 6.90. The standard InChI is InChI=1S/C12H21N3O6/c16-4-2-1-3-7-5-15(14-13-7)12-11(20)10(19)9(18)8(6-17)21-12/h5,8-12,16-20H,1-4,6H2/t8-,9-,10+,11-,12-/m1/s1. The van der Waals surface area contributed by atoms with Crippen molar-refractivity contribution in [1.82, 2.24) is 15.0 Å². The van der Waals surface area contributed by atoms with Crippen LogP contribution in [0.1, 0.15) is 24.8 Å². The van der Waals surface area contributed by atoms with Crippen LogP contribution in [-0.4, -0.2) is 78.2 Å². The van der Waals surface area contributed by atoms with E-state index in [4.69, 9.17) is 14.9 Å². The van der Waals surface area contributed by atoms with E-state index in [9.17, 15) is 15.3 Å². The fourth-order valence-electron chi connectivity index (χ4n) is 2.27. The van der Waals surface area contributed by atoms with Gasteiger partial charge in [0.1, 0.15) is 24.4 Å². The van der Waals surface area contributed by atoms with Crippen molar-refractivity contribution in [2.24, 2.45) is 0 Å². The van der Waals surface area contributed by atoms with Crippen LogP contribution in [0.5, 0.6) is 0 Å². The number of aliphatic hydroxyl groups is 5. The minimum Gasteiger partial charge on any atom is -0.396 e. The van der Waals surface area contributed by atoms with Gasteiger partial charge in [0, 0.05) is 6.61 Å². The van der Waals surface area contributed by atoms with E-state index < -0.39 is 37.3 Å². The van der Waals surface area contributed by atoms with Gasteiger partial charge in [-0.3, -0.25) is 0 Å². The second-order valence-corrected chi connectivity index (χ2v) is 5.09. The maximum Gasteiger partial charge on any atom is 0.180 e. The van der Waals surface area contributed by atoms with Gasteiger partial charge >= 0.3 is 0 Å². The predicted octanol–water partition coefficient (Wildman–Crippen LogP) is -2.43. The Kier molecular flexibility index (Phi) is 5.62. The molecular weight excluding hydrogens is 282 g/mol. The second kappa shape index (κ2) is 7.25. The highest BCUT2D eigenvalue weighted by Gasteiger charge is 2.44. The van der Waals surface area contributed by atoms with Gasteiger partial charge in [-0.2, -0.15) is 0 Å². The van der Waals surface area contributed by atoms with Gasteiger partial charge in [-0.05, 0) is 19.3 Å². The maximum absolute atomic E-state index is 9.96. The molecule has 2 heterocycles. The van der Waals surface area contributed by atoms with Crippen LogP contribution < -0.4 is 0 Å². The lowest BCUT2D eigenvalue weighted by molar-refractivity contribution is -0.254. The normalized spacial score (nSPS) is 33.3. The topological polar surface area (TPSA) is 141 Å². The van der Waals surface area contributed by atoms with Gasteiger partial charge in [-0.25, -0.2) is 4.68 Å². The van der Waals surface area contributed by atoms with Gasteiger partial charge < -0.3 is 30.3 Å². The number of unbranched alkanes of at least 4 members (excludes halogenated alkanes) is 1. The third-order valence-corrected chi connectivity index (χ3v) is 3.53. The number of aryl methyl sites for hydroxylation is 1. The lowest BCUT2D eigenvalue weighted by Gasteiger charge is -2.39. The Balaban J connectivity index is 2.06. The summed E-state index contributed by atoms with van der Waals surface area (Å²) in [5.41, 5.74) is 0.667. The van der Waals surface area contributed by atoms with Crippen LogP contribution in [0.4, 0.5) is 0 Å². The first kappa shape index (κ1) is 16.3. The van der Waals surface area contributed by atoms with Crippen LogP contribution in [0.15, 0.2) is 6.20 Å². The number of hydrogen-bond acceptors (Lipinski definition) is 8. The Morgan fingerprint density at radius 3 is 2.52 bits per heavy atom. The largest absolute Gasteiger partial charge is 0.396 e. The van der Waals surface area contributed by atoms with E-state index >= 15 is 0 Å². The quantitative estimate of drug-likeness (QED) is 0.365. The number of aliphatic hydroxyl groups excluding tert-OH is 5. The zero-order chi connectivity index (χ0) is 15.4. The third-order valence-electron chi connectivity index (χ3n) is 3.53. The Morgan fingerprint density at radius 2 is 1.86 bits per heavy atom. The van der Waals surface area contributed by atoms with Crippen molar-refractivity contribution in [3.8, 4) is 0 Å². The molecule has 9 heteroatoms. The van der Waals surface area contributed by atoms with E-state index in [2.05, 4.69) is 10.3 Å². The molecule has 120 valence electrons. The fourth-order valence-corrected chi connectivity index (χ4v) is 2.27. The Morgan fingerprint density at radius 1 is 1.10 bits per heavy atom. The summed E-state index contributed by atoms with van der Waals surface area (Å²) < 4.78 is 6.63. The van der Waals surface area contributed by atoms with Crippen molar-refractivity contribution in [3.05, 3.63) is 11.9 Å². The molecule has 1 fully saturated rings. The summed E-state index contributed by atoms with van der Waals surface area (Å²) >= 11 is 0. The van der Waals surface area contributed by atoms with Gasteiger partial charge in [-0.1, -0.05) is 5.21 Å². The Bertz CT molecular complexity index is 440. The first-order valence-corrected chi connectivity index (χ1v) is 6.90. The van der Waals surface area contributed by atoms with E-state index in [-0.39, 0.29) is 6.61 Å². The lowest BCUT2D eigenvalue weighted by atomic mass is 9.98. The average Bonchev–Trinajstić information content (AvgIpc) is 2.94. The average molecular weight is 303 g/mol. The van der Waals surface area contributed by atoms with Gasteiger partial charge in [0.15, 0.2) is 6.23 Å². The minimum atomic E-state index is -1.44. The van der Waals surface area contributed by atoms with Crippen LogP contribution in [0.2, 0.25) is 0 Å². The SMILES string of the molecule is OCCCCc1cn([C@@H]2O[C@H](CO)[C@@H](O)[C@H](O)[C@H]2O)nn1. The highest BCUT2D eigenvalue weighted by molar-refractivity contribution is 4.96. The summed E-state index contributed by atoms with van der Waals surface area (Å²) in [6.07, 6.45) is -2.61. The van der Waals surface area contributed by atoms with E-state index in [1.165, 1.54) is 4.68 Å². The number of ether oxygens (including phenoxy) is 1. The molecule has 0 bridgehead atoms. The molecule has 9 nitrogen and oxygen atoms in total. The molecule has 0 amide bonds. The van der Waals surface area contributed by atoms with Gasteiger partial charge in [0.05, 0.1) is 18.5 Å². The zero-order valence-electron chi connectivity index (χ0n) is 11.5. The molecule has 0 saturated carbocycles. The van der Waals surface area contributed by atoms with Gasteiger partial charge in [0.25, 0.3) is 0 Å². The second-order valence-electron chi connectivity index (χ2n) is 5.09. The molecule has 1 aromatic heterocycles. The smallest absolute Gasteiger partial charge is 0.180 e. The van der Waals surface area contributed by atoms with E-state index in [0.29, 0.717) is 18.5 Å². The van der Waals surface area contributed by atoms with Crippen molar-refractivity contribution >= 4 is 0 Å². The number of aromatic nitrogens is 3. The molecule has 1 aromatic rings. The van der Waals surface area contributed by atoms with Crippen molar-refractivity contribution < 1.29 is 30.3 Å². The summed E-state index contributed by atoms with van der Waals surface area (Å²) in [6, 6.07) is 0. The van der Waals surface area contributed by atoms with Crippen molar-refractivity contribution in [2.75, 3.05) is 13.2 Å². The van der Waals surface area contributed by atoms with Crippen LogP contribution in [0, 0.1) is 0 Å². The summed E-state index contributed by atoms with van der Waals surface area (Å²) in [4.78, 5) is 0. The zero-order valence-corrected chi connectivity index (χ0v) is 11.5. The summed E-state index contributed by atoms with van der Waals surface area (Å²) in [6.45, 7) is -0.375. The molecule has 1 aliphatic heterocycles. The first-order chi connectivity index (χ1) is 10.1. The van der Waals surface area contributed by atoms with E-state index in [1.807, 2.05) is 0 Å². The Labute approximate surface area is 121 Å². The minimum absolute atomic E-state index is 0.112. The number of hydrogen-bond donors (Lipinski definition) is 5. The number of nitrogens with zero attached hydrogens (tertiary/aromatic N) is 3. The van der Waals surface area contributed by atoms with Crippen LogP contribution >= 0.6 is 0 Å². The maximum atomic E-state index is 9.96. The third kappa shape index (κ3) is 3.57.